The minimum Gasteiger partial charge on any atom is -0.314 e. The third kappa shape index (κ3) is 3.13. The third-order valence-electron chi connectivity index (χ3n) is 3.17. The molecule has 7 heteroatoms. The molecule has 1 fully saturated rings. The van der Waals surface area contributed by atoms with Crippen molar-refractivity contribution < 1.29 is 4.92 Å². The number of hydrogen-bond acceptors (Lipinski definition) is 5. The van der Waals surface area contributed by atoms with Crippen molar-refractivity contribution in [3.8, 4) is 0 Å². The van der Waals surface area contributed by atoms with Gasteiger partial charge in [0.15, 0.2) is 0 Å². The first-order valence-corrected chi connectivity index (χ1v) is 6.11. The van der Waals surface area contributed by atoms with Crippen molar-refractivity contribution in [2.24, 2.45) is 0 Å². The molecule has 2 heterocycles. The van der Waals surface area contributed by atoms with Crippen LogP contribution in [0.15, 0.2) is 17.2 Å². The molecule has 0 spiro atoms. The summed E-state index contributed by atoms with van der Waals surface area (Å²) in [5.41, 5.74) is -0.575. The summed E-state index contributed by atoms with van der Waals surface area (Å²) in [6.07, 6.45) is 6.43. The fraction of sp³-hybridized carbons (Fsp3) is 0.636. The smallest absolute Gasteiger partial charge is 0.314 e. The van der Waals surface area contributed by atoms with Gasteiger partial charge in [0.05, 0.1) is 11.1 Å². The SMILES string of the molecule is O=c1ncc([N+](=O)[O-])cn1CCCC1CCCN1. The van der Waals surface area contributed by atoms with E-state index in [1.807, 2.05) is 0 Å². The van der Waals surface area contributed by atoms with E-state index in [4.69, 9.17) is 0 Å². The molecule has 1 unspecified atom stereocenters. The summed E-state index contributed by atoms with van der Waals surface area (Å²) < 4.78 is 1.31. The predicted molar refractivity (Wildman–Crippen MR) is 65.4 cm³/mol. The highest BCUT2D eigenvalue weighted by atomic mass is 16.6. The quantitative estimate of drug-likeness (QED) is 0.615. The zero-order valence-corrected chi connectivity index (χ0v) is 10.0. The van der Waals surface area contributed by atoms with Crippen LogP contribution in [0.25, 0.3) is 0 Å². The maximum atomic E-state index is 11.4. The molecular weight excluding hydrogens is 236 g/mol. The van der Waals surface area contributed by atoms with Gasteiger partial charge in [0.2, 0.25) is 0 Å². The largest absolute Gasteiger partial charge is 0.347 e. The lowest BCUT2D eigenvalue weighted by Crippen LogP contribution is -2.25. The molecule has 0 aliphatic carbocycles. The van der Waals surface area contributed by atoms with Gasteiger partial charge in [-0.15, -0.1) is 0 Å². The molecule has 1 aromatic rings. The Morgan fingerprint density at radius 2 is 2.44 bits per heavy atom. The number of aryl methyl sites for hydroxylation is 1. The molecule has 0 amide bonds. The third-order valence-corrected chi connectivity index (χ3v) is 3.17. The van der Waals surface area contributed by atoms with E-state index < -0.39 is 10.6 Å². The van der Waals surface area contributed by atoms with Gasteiger partial charge < -0.3 is 5.32 Å². The highest BCUT2D eigenvalue weighted by molar-refractivity contribution is 5.20. The predicted octanol–water partition coefficient (Wildman–Crippen LogP) is 0.684. The lowest BCUT2D eigenvalue weighted by molar-refractivity contribution is -0.385. The van der Waals surface area contributed by atoms with Crippen molar-refractivity contribution in [1.82, 2.24) is 14.9 Å². The first-order valence-electron chi connectivity index (χ1n) is 6.11. The summed E-state index contributed by atoms with van der Waals surface area (Å²) in [7, 11) is 0. The lowest BCUT2D eigenvalue weighted by Gasteiger charge is -2.10. The van der Waals surface area contributed by atoms with E-state index in [1.54, 1.807) is 0 Å². The van der Waals surface area contributed by atoms with Crippen LogP contribution in [0.1, 0.15) is 25.7 Å². The average molecular weight is 252 g/mol. The van der Waals surface area contributed by atoms with Crippen LogP contribution in [-0.4, -0.2) is 27.1 Å². The second kappa shape index (κ2) is 5.72. The van der Waals surface area contributed by atoms with Crippen molar-refractivity contribution in [2.75, 3.05) is 6.54 Å². The van der Waals surface area contributed by atoms with E-state index in [9.17, 15) is 14.9 Å². The Morgan fingerprint density at radius 1 is 1.61 bits per heavy atom. The minimum absolute atomic E-state index is 0.145. The van der Waals surface area contributed by atoms with Gasteiger partial charge in [-0.2, -0.15) is 4.98 Å². The van der Waals surface area contributed by atoms with Crippen LogP contribution in [0.4, 0.5) is 5.69 Å². The topological polar surface area (TPSA) is 90.1 Å². The Kier molecular flexibility index (Phi) is 4.03. The zero-order chi connectivity index (χ0) is 13.0. The number of rotatable bonds is 5. The van der Waals surface area contributed by atoms with Gasteiger partial charge in [0, 0.05) is 12.6 Å². The standard InChI is InChI=1S/C11H16N4O3/c16-11-13-7-10(15(17)18)8-14(11)6-2-4-9-3-1-5-12-9/h7-9,12H,1-6H2. The van der Waals surface area contributed by atoms with Crippen LogP contribution in [0.3, 0.4) is 0 Å². The van der Waals surface area contributed by atoms with Crippen molar-refractivity contribution >= 4 is 5.69 Å². The molecule has 7 nitrogen and oxygen atoms in total. The summed E-state index contributed by atoms with van der Waals surface area (Å²) in [4.78, 5) is 25.0. The average Bonchev–Trinajstić information content (AvgIpc) is 2.84. The molecule has 1 aromatic heterocycles. The van der Waals surface area contributed by atoms with Crippen molar-refractivity contribution in [3.05, 3.63) is 33.0 Å². The van der Waals surface area contributed by atoms with Crippen LogP contribution >= 0.6 is 0 Å². The molecule has 1 aliphatic heterocycles. The Hall–Kier alpha value is -1.76. The fourth-order valence-corrected chi connectivity index (χ4v) is 2.21. The maximum absolute atomic E-state index is 11.4. The molecule has 0 bridgehead atoms. The van der Waals surface area contributed by atoms with Crippen molar-refractivity contribution in [2.45, 2.75) is 38.3 Å². The van der Waals surface area contributed by atoms with Crippen LogP contribution in [0.2, 0.25) is 0 Å². The van der Waals surface area contributed by atoms with E-state index >= 15 is 0 Å². The molecule has 1 atom stereocenters. The van der Waals surface area contributed by atoms with Gasteiger partial charge in [-0.1, -0.05) is 0 Å². The van der Waals surface area contributed by atoms with E-state index in [1.165, 1.54) is 23.6 Å². The van der Waals surface area contributed by atoms with Crippen LogP contribution < -0.4 is 11.0 Å². The number of nitrogens with zero attached hydrogens (tertiary/aromatic N) is 3. The molecular formula is C11H16N4O3. The van der Waals surface area contributed by atoms with Crippen molar-refractivity contribution in [1.29, 1.82) is 0 Å². The highest BCUT2D eigenvalue weighted by Gasteiger charge is 2.14. The Labute approximate surface area is 104 Å². The summed E-state index contributed by atoms with van der Waals surface area (Å²) in [6.45, 7) is 1.54. The van der Waals surface area contributed by atoms with Gasteiger partial charge in [0.25, 0.3) is 0 Å². The molecule has 1 N–H and O–H groups in total. The van der Waals surface area contributed by atoms with Crippen molar-refractivity contribution in [3.63, 3.8) is 0 Å². The van der Waals surface area contributed by atoms with Gasteiger partial charge >= 0.3 is 11.4 Å². The second-order valence-electron chi connectivity index (χ2n) is 4.48. The number of aromatic nitrogens is 2. The molecule has 98 valence electrons. The number of nitro groups is 1. The summed E-state index contributed by atoms with van der Waals surface area (Å²) in [6, 6.07) is 0.521. The molecule has 1 saturated heterocycles. The van der Waals surface area contributed by atoms with Gasteiger partial charge in [-0.05, 0) is 32.2 Å². The number of hydrogen-bond donors (Lipinski definition) is 1. The molecule has 0 radical (unpaired) electrons. The van der Waals surface area contributed by atoms with E-state index in [0.29, 0.717) is 12.6 Å². The lowest BCUT2D eigenvalue weighted by atomic mass is 10.1. The molecule has 0 aromatic carbocycles. The van der Waals surface area contributed by atoms with Crippen LogP contribution in [0.5, 0.6) is 0 Å². The molecule has 18 heavy (non-hydrogen) atoms. The van der Waals surface area contributed by atoms with Crippen LogP contribution in [-0.2, 0) is 6.54 Å². The molecule has 1 aliphatic rings. The first kappa shape index (κ1) is 12.7. The highest BCUT2D eigenvalue weighted by Crippen LogP contribution is 2.11. The fourth-order valence-electron chi connectivity index (χ4n) is 2.21. The van der Waals surface area contributed by atoms with E-state index in [2.05, 4.69) is 10.3 Å². The van der Waals surface area contributed by atoms with Gasteiger partial charge in [-0.25, -0.2) is 4.79 Å². The monoisotopic (exact) mass is 252 g/mol. The summed E-state index contributed by atoms with van der Waals surface area (Å²) in [5.74, 6) is 0. The molecule has 0 saturated carbocycles. The van der Waals surface area contributed by atoms with Crippen LogP contribution in [0, 0.1) is 10.1 Å². The summed E-state index contributed by atoms with van der Waals surface area (Å²) in [5, 5.41) is 14.0. The maximum Gasteiger partial charge on any atom is 0.347 e. The van der Waals surface area contributed by atoms with Gasteiger partial charge in [0.1, 0.15) is 6.20 Å². The number of nitrogens with one attached hydrogen (secondary N) is 1. The zero-order valence-electron chi connectivity index (χ0n) is 10.0. The molecule has 2 rings (SSSR count). The second-order valence-corrected chi connectivity index (χ2v) is 4.48. The van der Waals surface area contributed by atoms with Gasteiger partial charge in [-0.3, -0.25) is 14.7 Å². The van der Waals surface area contributed by atoms with E-state index in [-0.39, 0.29) is 5.69 Å². The Bertz CT molecular complexity index is 479. The Balaban J connectivity index is 1.93. The first-order chi connectivity index (χ1) is 8.66. The normalized spacial score (nSPS) is 19.0. The minimum atomic E-state index is -0.540. The summed E-state index contributed by atoms with van der Waals surface area (Å²) >= 11 is 0. The Morgan fingerprint density at radius 3 is 3.11 bits per heavy atom. The van der Waals surface area contributed by atoms with E-state index in [0.717, 1.165) is 25.6 Å².